The Bertz CT molecular complexity index is 1090. The highest BCUT2D eigenvalue weighted by molar-refractivity contribution is 6.16. The van der Waals surface area contributed by atoms with Gasteiger partial charge in [0.2, 0.25) is 0 Å². The predicted molar refractivity (Wildman–Crippen MR) is 117 cm³/mol. The van der Waals surface area contributed by atoms with E-state index in [2.05, 4.69) is 10.1 Å². The highest BCUT2D eigenvalue weighted by atomic mass is 16.5. The first-order chi connectivity index (χ1) is 15.2. The van der Waals surface area contributed by atoms with Crippen molar-refractivity contribution in [3.05, 3.63) is 76.7 Å². The average Bonchev–Trinajstić information content (AvgIpc) is 3.34. The molecule has 2 aromatic heterocycles. The molecule has 2 aliphatic carbocycles. The Balaban J connectivity index is 1.59. The molecule has 3 heterocycles. The van der Waals surface area contributed by atoms with Gasteiger partial charge in [-0.05, 0) is 61.6 Å². The second-order valence-corrected chi connectivity index (χ2v) is 7.95. The summed E-state index contributed by atoms with van der Waals surface area (Å²) in [5, 5.41) is 14.6. The van der Waals surface area contributed by atoms with Gasteiger partial charge in [0.05, 0.1) is 31.6 Å². The molecule has 31 heavy (non-hydrogen) atoms. The third-order valence-corrected chi connectivity index (χ3v) is 6.07. The van der Waals surface area contributed by atoms with Crippen LogP contribution in [0.15, 0.2) is 76.1 Å². The monoisotopic (exact) mass is 418 g/mol. The van der Waals surface area contributed by atoms with Gasteiger partial charge in [0.1, 0.15) is 5.76 Å². The molecule has 0 bridgehead atoms. The molecule has 1 N–H and O–H groups in total. The van der Waals surface area contributed by atoms with Crippen LogP contribution in [0.25, 0.3) is 5.82 Å². The Kier molecular flexibility index (Phi) is 5.19. The number of allylic oxidation sites excluding steroid dienone is 3. The van der Waals surface area contributed by atoms with Gasteiger partial charge >= 0.3 is 0 Å². The van der Waals surface area contributed by atoms with Crippen molar-refractivity contribution in [2.75, 3.05) is 13.7 Å². The molecule has 0 amide bonds. The maximum atomic E-state index is 10.3. The Morgan fingerprint density at radius 1 is 1.26 bits per heavy atom. The molecule has 0 radical (unpaired) electrons. The van der Waals surface area contributed by atoms with Gasteiger partial charge in [0, 0.05) is 36.1 Å². The number of ether oxygens (including phenoxy) is 2. The molecule has 0 aromatic carbocycles. The number of aliphatic imine (C=N–C) groups is 1. The number of fused-ring (bicyclic) bond motifs is 2. The number of hydrogen-bond donors (Lipinski definition) is 1. The third kappa shape index (κ3) is 3.59. The minimum atomic E-state index is -0.310. The number of aliphatic hydroxyl groups excluding tert-OH is 1. The summed E-state index contributed by atoms with van der Waals surface area (Å²) in [6.07, 6.45) is 10.1. The van der Waals surface area contributed by atoms with E-state index in [-0.39, 0.29) is 12.1 Å². The van der Waals surface area contributed by atoms with E-state index < -0.39 is 0 Å². The number of pyridine rings is 1. The van der Waals surface area contributed by atoms with Crippen LogP contribution >= 0.6 is 0 Å². The molecular weight excluding hydrogens is 392 g/mol. The van der Waals surface area contributed by atoms with Crippen LogP contribution in [0.3, 0.4) is 0 Å². The molecule has 5 rings (SSSR count). The SMILES string of the molecule is CCOC1=C(OC)C=C2C(c3ccc(-n4cccn4)nc3)=N[C@@H]3CC[C@@H](O)CC3=C2C1. The van der Waals surface area contributed by atoms with E-state index in [4.69, 9.17) is 14.5 Å². The number of dihydropyridines is 1. The summed E-state index contributed by atoms with van der Waals surface area (Å²) in [5.41, 5.74) is 5.34. The molecule has 1 aliphatic heterocycles. The number of aromatic nitrogens is 3. The van der Waals surface area contributed by atoms with Gasteiger partial charge in [0.15, 0.2) is 11.6 Å². The van der Waals surface area contributed by atoms with Crippen molar-refractivity contribution in [1.29, 1.82) is 0 Å². The minimum Gasteiger partial charge on any atom is -0.494 e. The summed E-state index contributed by atoms with van der Waals surface area (Å²) in [4.78, 5) is 9.73. The molecule has 1 fully saturated rings. The Morgan fingerprint density at radius 3 is 2.87 bits per heavy atom. The van der Waals surface area contributed by atoms with Crippen molar-refractivity contribution in [3.8, 4) is 5.82 Å². The lowest BCUT2D eigenvalue weighted by molar-refractivity contribution is 0.143. The highest BCUT2D eigenvalue weighted by Crippen LogP contribution is 2.42. The van der Waals surface area contributed by atoms with E-state index in [1.165, 1.54) is 11.1 Å². The highest BCUT2D eigenvalue weighted by Gasteiger charge is 2.36. The second kappa shape index (κ2) is 8.15. The molecule has 7 nitrogen and oxygen atoms in total. The summed E-state index contributed by atoms with van der Waals surface area (Å²) in [6.45, 7) is 2.56. The van der Waals surface area contributed by atoms with Gasteiger partial charge in [0.25, 0.3) is 0 Å². The summed E-state index contributed by atoms with van der Waals surface area (Å²) in [6, 6.07) is 5.95. The zero-order chi connectivity index (χ0) is 21.4. The fourth-order valence-electron chi connectivity index (χ4n) is 4.61. The maximum absolute atomic E-state index is 10.3. The number of rotatable bonds is 5. The predicted octanol–water partition coefficient (Wildman–Crippen LogP) is 3.50. The number of nitrogens with zero attached hydrogens (tertiary/aromatic N) is 4. The van der Waals surface area contributed by atoms with Crippen LogP contribution < -0.4 is 0 Å². The lowest BCUT2D eigenvalue weighted by atomic mass is 9.76. The quantitative estimate of drug-likeness (QED) is 0.804. The Hall–Kier alpha value is -3.19. The Morgan fingerprint density at radius 2 is 2.16 bits per heavy atom. The lowest BCUT2D eigenvalue weighted by Crippen LogP contribution is -2.31. The second-order valence-electron chi connectivity index (χ2n) is 7.95. The molecule has 2 atom stereocenters. The number of methoxy groups -OCH3 is 1. The van der Waals surface area contributed by atoms with Crippen molar-refractivity contribution >= 4 is 5.71 Å². The zero-order valence-electron chi connectivity index (χ0n) is 17.8. The van der Waals surface area contributed by atoms with E-state index in [9.17, 15) is 5.11 Å². The summed E-state index contributed by atoms with van der Waals surface area (Å²) >= 11 is 0. The fraction of sp³-hybridized carbons (Fsp3) is 0.375. The van der Waals surface area contributed by atoms with Crippen molar-refractivity contribution in [3.63, 3.8) is 0 Å². The van der Waals surface area contributed by atoms with Gasteiger partial charge in [-0.2, -0.15) is 5.10 Å². The van der Waals surface area contributed by atoms with Gasteiger partial charge < -0.3 is 14.6 Å². The first kappa shape index (κ1) is 19.8. The van der Waals surface area contributed by atoms with Crippen molar-refractivity contribution in [2.24, 2.45) is 4.99 Å². The van der Waals surface area contributed by atoms with Crippen molar-refractivity contribution in [2.45, 2.75) is 44.8 Å². The van der Waals surface area contributed by atoms with Crippen LogP contribution in [-0.2, 0) is 9.47 Å². The van der Waals surface area contributed by atoms with Crippen LogP contribution in [0.5, 0.6) is 0 Å². The molecule has 3 aliphatic rings. The molecule has 2 aromatic rings. The molecule has 7 heteroatoms. The van der Waals surface area contributed by atoms with Crippen LogP contribution in [-0.4, -0.2) is 51.4 Å². The molecule has 0 saturated heterocycles. The topological polar surface area (TPSA) is 81.8 Å². The third-order valence-electron chi connectivity index (χ3n) is 6.07. The smallest absolute Gasteiger partial charge is 0.157 e. The zero-order valence-corrected chi connectivity index (χ0v) is 17.8. The van der Waals surface area contributed by atoms with E-state index >= 15 is 0 Å². The summed E-state index contributed by atoms with van der Waals surface area (Å²) in [5.74, 6) is 2.32. The maximum Gasteiger partial charge on any atom is 0.157 e. The molecular formula is C24H26N4O3. The van der Waals surface area contributed by atoms with E-state index in [0.29, 0.717) is 19.4 Å². The van der Waals surface area contributed by atoms with Gasteiger partial charge in [-0.3, -0.25) is 4.99 Å². The first-order valence-corrected chi connectivity index (χ1v) is 10.7. The van der Waals surface area contributed by atoms with Crippen LogP contribution in [0, 0.1) is 0 Å². The van der Waals surface area contributed by atoms with Gasteiger partial charge in [-0.1, -0.05) is 0 Å². The minimum absolute atomic E-state index is 0.0864. The van der Waals surface area contributed by atoms with E-state index in [1.807, 2.05) is 43.6 Å². The standard InChI is InChI=1S/C24H26N4O3/c1-3-31-22-12-17-18-11-16(29)6-7-20(18)27-24(19(17)13-21(22)30-2)15-5-8-23(25-14-15)28-10-4-9-26-28/h4-5,8-10,13-14,16,20,29H,3,6-7,11-12H2,1-2H3/t16-,20-/m1/s1. The Labute approximate surface area is 181 Å². The largest absolute Gasteiger partial charge is 0.494 e. The normalized spacial score (nSPS) is 23.1. The number of hydrogen-bond acceptors (Lipinski definition) is 6. The lowest BCUT2D eigenvalue weighted by Gasteiger charge is -2.36. The molecule has 0 spiro atoms. The van der Waals surface area contributed by atoms with Gasteiger partial charge in [-0.25, -0.2) is 9.67 Å². The molecule has 1 saturated carbocycles. The van der Waals surface area contributed by atoms with Crippen molar-refractivity contribution in [1.82, 2.24) is 14.8 Å². The van der Waals surface area contributed by atoms with Gasteiger partial charge in [-0.15, -0.1) is 0 Å². The van der Waals surface area contributed by atoms with Crippen molar-refractivity contribution < 1.29 is 14.6 Å². The van der Waals surface area contributed by atoms with E-state index in [1.54, 1.807) is 18.0 Å². The number of aliphatic hydroxyl groups is 1. The molecule has 160 valence electrons. The summed E-state index contributed by atoms with van der Waals surface area (Å²) < 4.78 is 13.3. The van der Waals surface area contributed by atoms with E-state index in [0.717, 1.165) is 47.0 Å². The fourth-order valence-corrected chi connectivity index (χ4v) is 4.61. The van der Waals surface area contributed by atoms with Crippen LogP contribution in [0.4, 0.5) is 0 Å². The average molecular weight is 418 g/mol. The summed E-state index contributed by atoms with van der Waals surface area (Å²) in [7, 11) is 1.66. The van der Waals surface area contributed by atoms with Crippen LogP contribution in [0.2, 0.25) is 0 Å². The van der Waals surface area contributed by atoms with Crippen LogP contribution in [0.1, 0.15) is 38.2 Å². The first-order valence-electron chi connectivity index (χ1n) is 10.7. The molecule has 0 unspecified atom stereocenters.